The van der Waals surface area contributed by atoms with Crippen LogP contribution in [0.2, 0.25) is 0 Å². The van der Waals surface area contributed by atoms with E-state index in [0.29, 0.717) is 5.56 Å². The van der Waals surface area contributed by atoms with Crippen LogP contribution in [-0.2, 0) is 6.67 Å². The number of alkyl halides is 1. The fourth-order valence-electron chi connectivity index (χ4n) is 1.19. The zero-order chi connectivity index (χ0) is 14.4. The third kappa shape index (κ3) is 5.71. The van der Waals surface area contributed by atoms with E-state index in [1.165, 1.54) is 12.1 Å². The number of halogens is 5. The van der Waals surface area contributed by atoms with E-state index in [2.05, 4.69) is 47.8 Å². The second-order valence-electron chi connectivity index (χ2n) is 3.78. The van der Waals surface area contributed by atoms with E-state index in [1.807, 2.05) is 13.0 Å². The van der Waals surface area contributed by atoms with Crippen molar-refractivity contribution in [2.45, 2.75) is 13.6 Å². The van der Waals surface area contributed by atoms with Gasteiger partial charge in [-0.05, 0) is 74.2 Å². The molecule has 102 valence electrons. The molecule has 0 radical (unpaired) electrons. The molecule has 19 heavy (non-hydrogen) atoms. The van der Waals surface area contributed by atoms with Gasteiger partial charge in [0.1, 0.15) is 12.5 Å². The fraction of sp³-hybridized carbons (Fsp3) is 0.143. The Morgan fingerprint density at radius 1 is 0.895 bits per heavy atom. The fourth-order valence-corrected chi connectivity index (χ4v) is 2.21. The van der Waals surface area contributed by atoms with Crippen molar-refractivity contribution in [2.24, 2.45) is 0 Å². The third-order valence-electron chi connectivity index (χ3n) is 2.27. The van der Waals surface area contributed by atoms with Gasteiger partial charge in [0.2, 0.25) is 0 Å². The first-order chi connectivity index (χ1) is 8.93. The van der Waals surface area contributed by atoms with Crippen molar-refractivity contribution in [3.63, 3.8) is 0 Å². The Kier molecular flexibility index (Phi) is 7.18. The van der Waals surface area contributed by atoms with Gasteiger partial charge in [-0.3, -0.25) is 0 Å². The molecule has 2 aromatic rings. The average molecular weight is 457 g/mol. The predicted molar refractivity (Wildman–Crippen MR) is 85.5 cm³/mol. The van der Waals surface area contributed by atoms with Crippen LogP contribution in [0.4, 0.5) is 8.78 Å². The van der Waals surface area contributed by atoms with Gasteiger partial charge in [-0.1, -0.05) is 28.1 Å². The maximum atomic E-state index is 12.3. The van der Waals surface area contributed by atoms with Crippen LogP contribution in [-0.4, -0.2) is 0 Å². The van der Waals surface area contributed by atoms with E-state index in [4.69, 9.17) is 0 Å². The maximum absolute atomic E-state index is 12.3. The van der Waals surface area contributed by atoms with Gasteiger partial charge >= 0.3 is 0 Å². The minimum Gasteiger partial charge on any atom is -0.246 e. The molecule has 0 aliphatic rings. The molecular formula is C14H11Br3F2. The second-order valence-corrected chi connectivity index (χ2v) is 6.34. The van der Waals surface area contributed by atoms with Gasteiger partial charge in [0.05, 0.1) is 0 Å². The summed E-state index contributed by atoms with van der Waals surface area (Å²) in [5, 5.41) is 0. The molecule has 0 aliphatic heterocycles. The summed E-state index contributed by atoms with van der Waals surface area (Å²) in [6.45, 7) is 1.51. The van der Waals surface area contributed by atoms with Gasteiger partial charge in [-0.15, -0.1) is 0 Å². The Balaban J connectivity index is 0.000000191. The summed E-state index contributed by atoms with van der Waals surface area (Å²) < 4.78 is 27.0. The first kappa shape index (κ1) is 16.8. The summed E-state index contributed by atoms with van der Waals surface area (Å²) in [6, 6.07) is 9.95. The first-order valence-corrected chi connectivity index (χ1v) is 7.73. The minimum absolute atomic E-state index is 0.201. The van der Waals surface area contributed by atoms with Crippen molar-refractivity contribution in [1.29, 1.82) is 0 Å². The van der Waals surface area contributed by atoms with Gasteiger partial charge in [0.15, 0.2) is 0 Å². The van der Waals surface area contributed by atoms with Crippen molar-refractivity contribution in [3.8, 4) is 0 Å². The lowest BCUT2D eigenvalue weighted by Gasteiger charge is -1.96. The SMILES string of the molecule is Cc1ccc(F)cc1Br.FCc1ccc(Br)c(Br)c1. The third-order valence-corrected chi connectivity index (χ3v) is 5.01. The van der Waals surface area contributed by atoms with E-state index in [1.54, 1.807) is 18.2 Å². The second kappa shape index (κ2) is 8.12. The van der Waals surface area contributed by atoms with Gasteiger partial charge in [0, 0.05) is 13.4 Å². The molecule has 0 amide bonds. The molecule has 2 rings (SSSR count). The number of hydrogen-bond donors (Lipinski definition) is 0. The Morgan fingerprint density at radius 2 is 1.58 bits per heavy atom. The molecule has 0 bridgehead atoms. The summed E-state index contributed by atoms with van der Waals surface area (Å²) >= 11 is 9.77. The summed E-state index contributed by atoms with van der Waals surface area (Å²) in [4.78, 5) is 0. The van der Waals surface area contributed by atoms with Gasteiger partial charge in [-0.2, -0.15) is 0 Å². The molecule has 0 unspecified atom stereocenters. The quantitative estimate of drug-likeness (QED) is 0.454. The molecule has 0 spiro atoms. The number of aryl methyl sites for hydroxylation is 1. The van der Waals surface area contributed by atoms with E-state index in [9.17, 15) is 8.78 Å². The Hall–Kier alpha value is -0.260. The van der Waals surface area contributed by atoms with Crippen LogP contribution in [0.1, 0.15) is 11.1 Å². The largest absolute Gasteiger partial charge is 0.246 e. The predicted octanol–water partition coefficient (Wildman–Crippen LogP) is 6.58. The number of rotatable bonds is 1. The van der Waals surface area contributed by atoms with Crippen molar-refractivity contribution in [3.05, 3.63) is 66.8 Å². The van der Waals surface area contributed by atoms with Gasteiger partial charge in [-0.25, -0.2) is 8.78 Å². The molecule has 5 heteroatoms. The van der Waals surface area contributed by atoms with Crippen molar-refractivity contribution in [1.82, 2.24) is 0 Å². The summed E-state index contributed by atoms with van der Waals surface area (Å²) in [5.74, 6) is -0.201. The van der Waals surface area contributed by atoms with Crippen molar-refractivity contribution in [2.75, 3.05) is 0 Å². The highest BCUT2D eigenvalue weighted by molar-refractivity contribution is 9.13. The van der Waals surface area contributed by atoms with Gasteiger partial charge in [0.25, 0.3) is 0 Å². The molecule has 0 saturated carbocycles. The van der Waals surface area contributed by atoms with E-state index in [-0.39, 0.29) is 5.82 Å². The molecule has 2 aromatic carbocycles. The molecule has 0 aliphatic carbocycles. The molecule has 0 nitrogen and oxygen atoms in total. The Bertz CT molecular complexity index is 556. The lowest BCUT2D eigenvalue weighted by Crippen LogP contribution is -1.77. The summed E-state index contributed by atoms with van der Waals surface area (Å²) in [6.07, 6.45) is 0. The van der Waals surface area contributed by atoms with Crippen molar-refractivity contribution >= 4 is 47.8 Å². The Labute approximate surface area is 136 Å². The van der Waals surface area contributed by atoms with Crippen molar-refractivity contribution < 1.29 is 8.78 Å². The minimum atomic E-state index is -0.411. The smallest absolute Gasteiger partial charge is 0.124 e. The van der Waals surface area contributed by atoms with E-state index in [0.717, 1.165) is 19.0 Å². The molecule has 0 aromatic heterocycles. The highest BCUT2D eigenvalue weighted by Crippen LogP contribution is 2.23. The van der Waals surface area contributed by atoms with Crippen LogP contribution in [0.3, 0.4) is 0 Å². The molecule has 0 N–H and O–H groups in total. The van der Waals surface area contributed by atoms with Crippen LogP contribution >= 0.6 is 47.8 Å². The monoisotopic (exact) mass is 454 g/mol. The van der Waals surface area contributed by atoms with Crippen LogP contribution in [0.15, 0.2) is 49.8 Å². The highest BCUT2D eigenvalue weighted by Gasteiger charge is 1.96. The normalized spacial score (nSPS) is 9.79. The zero-order valence-corrected chi connectivity index (χ0v) is 14.8. The standard InChI is InChI=1S/C7H5Br2F.C7H6BrF/c8-6-2-1-5(4-10)3-7(6)9;1-5-2-3-6(9)4-7(5)8/h1-3H,4H2;2-4H,1H3. The van der Waals surface area contributed by atoms with Crippen LogP contribution in [0.5, 0.6) is 0 Å². The molecule has 0 heterocycles. The number of benzene rings is 2. The first-order valence-electron chi connectivity index (χ1n) is 5.35. The molecule has 0 atom stereocenters. The molecular weight excluding hydrogens is 446 g/mol. The van der Waals surface area contributed by atoms with Gasteiger partial charge < -0.3 is 0 Å². The van der Waals surface area contributed by atoms with Crippen LogP contribution in [0.25, 0.3) is 0 Å². The lowest BCUT2D eigenvalue weighted by atomic mass is 10.2. The van der Waals surface area contributed by atoms with Crippen LogP contribution < -0.4 is 0 Å². The molecule has 0 saturated heterocycles. The van der Waals surface area contributed by atoms with E-state index >= 15 is 0 Å². The highest BCUT2D eigenvalue weighted by atomic mass is 79.9. The Morgan fingerprint density at radius 3 is 2.05 bits per heavy atom. The summed E-state index contributed by atoms with van der Waals surface area (Å²) in [7, 11) is 0. The lowest BCUT2D eigenvalue weighted by molar-refractivity contribution is 0.485. The average Bonchev–Trinajstić information content (AvgIpc) is 2.38. The van der Waals surface area contributed by atoms with Crippen LogP contribution in [0, 0.1) is 12.7 Å². The zero-order valence-electron chi connectivity index (χ0n) is 10.1. The summed E-state index contributed by atoms with van der Waals surface area (Å²) in [5.41, 5.74) is 1.74. The number of hydrogen-bond acceptors (Lipinski definition) is 0. The topological polar surface area (TPSA) is 0 Å². The van der Waals surface area contributed by atoms with E-state index < -0.39 is 6.67 Å². The molecule has 0 fully saturated rings. The maximum Gasteiger partial charge on any atom is 0.124 e.